The predicted octanol–water partition coefficient (Wildman–Crippen LogP) is 2.38. The first-order valence-corrected chi connectivity index (χ1v) is 9.77. The molecule has 0 unspecified atom stereocenters. The van der Waals surface area contributed by atoms with E-state index in [1.807, 2.05) is 0 Å². The van der Waals surface area contributed by atoms with Gasteiger partial charge in [-0.3, -0.25) is 0 Å². The van der Waals surface area contributed by atoms with Crippen molar-refractivity contribution < 1.29 is 0 Å². The van der Waals surface area contributed by atoms with E-state index in [0.717, 1.165) is 0 Å². The number of rotatable bonds is 4. The zero-order valence-electron chi connectivity index (χ0n) is 9.69. The van der Waals surface area contributed by atoms with Crippen LogP contribution in [0.15, 0.2) is 36.4 Å². The topological polar surface area (TPSA) is 0 Å². The van der Waals surface area contributed by atoms with Crippen LogP contribution in [0, 0.1) is 0 Å². The van der Waals surface area contributed by atoms with Crippen molar-refractivity contribution in [1.82, 2.24) is 0 Å². The van der Waals surface area contributed by atoms with E-state index in [4.69, 9.17) is 0 Å². The van der Waals surface area contributed by atoms with Gasteiger partial charge >= 0.3 is 110 Å². The number of hydrogen-bond donors (Lipinski definition) is 0. The number of benzene rings is 2. The second-order valence-corrected chi connectivity index (χ2v) is 8.96. The van der Waals surface area contributed by atoms with Crippen molar-refractivity contribution in [1.29, 1.82) is 0 Å². The van der Waals surface area contributed by atoms with E-state index in [-0.39, 0.29) is 0 Å². The molecule has 84 valence electrons. The Kier molecular flexibility index (Phi) is 4.49. The van der Waals surface area contributed by atoms with Gasteiger partial charge < -0.3 is 0 Å². The molecule has 0 nitrogen and oxygen atoms in total. The van der Waals surface area contributed by atoms with E-state index < -0.39 is 0 Å². The van der Waals surface area contributed by atoms with Gasteiger partial charge in [-0.05, 0) is 0 Å². The van der Waals surface area contributed by atoms with Crippen LogP contribution in [-0.4, -0.2) is 29.9 Å². The molecule has 0 N–H and O–H groups in total. The fraction of sp³-hybridized carbons (Fsp3) is 0.286. The van der Waals surface area contributed by atoms with E-state index in [1.165, 1.54) is 16.0 Å². The van der Waals surface area contributed by atoms with Gasteiger partial charge in [-0.2, -0.15) is 0 Å². The van der Waals surface area contributed by atoms with Gasteiger partial charge in [-0.1, -0.05) is 0 Å². The van der Waals surface area contributed by atoms with Crippen LogP contribution in [0.2, 0.25) is 10.6 Å². The summed E-state index contributed by atoms with van der Waals surface area (Å²) < 4.78 is 3.19. The quantitative estimate of drug-likeness (QED) is 0.749. The molecular formula is C14H16Se2. The van der Waals surface area contributed by atoms with Crippen molar-refractivity contribution in [2.45, 2.75) is 24.5 Å². The van der Waals surface area contributed by atoms with Gasteiger partial charge in [0.2, 0.25) is 0 Å². The second kappa shape index (κ2) is 5.89. The fourth-order valence-electron chi connectivity index (χ4n) is 1.82. The summed E-state index contributed by atoms with van der Waals surface area (Å²) in [5.74, 6) is 0. The van der Waals surface area contributed by atoms with Crippen LogP contribution in [0.4, 0.5) is 0 Å². The summed E-state index contributed by atoms with van der Waals surface area (Å²) >= 11 is 1.28. The molecule has 0 radical (unpaired) electrons. The monoisotopic (exact) mass is 344 g/mol. The van der Waals surface area contributed by atoms with Crippen LogP contribution in [0.1, 0.15) is 13.8 Å². The summed E-state index contributed by atoms with van der Waals surface area (Å²) in [7, 11) is 0. The van der Waals surface area contributed by atoms with Crippen molar-refractivity contribution in [3.8, 4) is 0 Å². The molecule has 0 aliphatic rings. The first kappa shape index (κ1) is 12.2. The number of hydrogen-bond acceptors (Lipinski definition) is 0. The minimum atomic E-state index is 0.638. The van der Waals surface area contributed by atoms with Crippen molar-refractivity contribution in [2.75, 3.05) is 0 Å². The Morgan fingerprint density at radius 1 is 0.812 bits per heavy atom. The van der Waals surface area contributed by atoms with Crippen LogP contribution in [0.3, 0.4) is 0 Å². The summed E-state index contributed by atoms with van der Waals surface area (Å²) in [6.45, 7) is 4.57. The van der Waals surface area contributed by atoms with Gasteiger partial charge in [0.25, 0.3) is 0 Å². The van der Waals surface area contributed by atoms with E-state index in [2.05, 4.69) is 50.2 Å². The average Bonchev–Trinajstić information content (AvgIpc) is 2.30. The van der Waals surface area contributed by atoms with Gasteiger partial charge in [0.1, 0.15) is 0 Å². The Morgan fingerprint density at radius 3 is 1.75 bits per heavy atom. The molecule has 2 aromatic carbocycles. The van der Waals surface area contributed by atoms with E-state index >= 15 is 0 Å². The first-order chi connectivity index (χ1) is 7.86. The van der Waals surface area contributed by atoms with E-state index in [1.54, 1.807) is 14.3 Å². The third-order valence-corrected chi connectivity index (χ3v) is 6.37. The molecule has 2 aromatic rings. The molecule has 0 aliphatic heterocycles. The second-order valence-electron chi connectivity index (χ2n) is 3.48. The number of fused-ring (bicyclic) bond motifs is 1. The molecule has 0 spiro atoms. The Morgan fingerprint density at radius 2 is 1.31 bits per heavy atom. The fourth-order valence-corrected chi connectivity index (χ4v) is 5.75. The summed E-state index contributed by atoms with van der Waals surface area (Å²) in [6, 6.07) is 13.6. The van der Waals surface area contributed by atoms with E-state index in [0.29, 0.717) is 29.9 Å². The standard InChI is InChI=1S/C14H16Se2/c1-3-15-12-9-5-7-11-8-6-10-13(14(11)12)16-4-2/h5-10H,3-4H2,1-2H3. The third-order valence-electron chi connectivity index (χ3n) is 2.43. The predicted molar refractivity (Wildman–Crippen MR) is 75.7 cm³/mol. The van der Waals surface area contributed by atoms with Crippen LogP contribution in [0.25, 0.3) is 10.8 Å². The van der Waals surface area contributed by atoms with Crippen LogP contribution >= 0.6 is 0 Å². The van der Waals surface area contributed by atoms with Gasteiger partial charge in [-0.15, -0.1) is 0 Å². The summed E-state index contributed by atoms with van der Waals surface area (Å²) in [4.78, 5) is 0. The molecule has 2 heteroatoms. The Bertz CT molecular complexity index is 436. The van der Waals surface area contributed by atoms with Crippen molar-refractivity contribution >= 4 is 49.6 Å². The zero-order chi connectivity index (χ0) is 11.4. The molecule has 2 rings (SSSR count). The summed E-state index contributed by atoms with van der Waals surface area (Å²) in [6.07, 6.45) is 0. The van der Waals surface area contributed by atoms with Crippen LogP contribution < -0.4 is 8.92 Å². The molecule has 0 aliphatic carbocycles. The average molecular weight is 342 g/mol. The first-order valence-electron chi connectivity index (χ1n) is 5.64. The molecule has 0 saturated heterocycles. The third kappa shape index (κ3) is 2.52. The molecule has 0 bridgehead atoms. The molecule has 0 fully saturated rings. The van der Waals surface area contributed by atoms with Crippen LogP contribution in [0.5, 0.6) is 0 Å². The Hall–Kier alpha value is -0.261. The van der Waals surface area contributed by atoms with Crippen molar-refractivity contribution in [3.05, 3.63) is 36.4 Å². The van der Waals surface area contributed by atoms with Crippen molar-refractivity contribution in [2.24, 2.45) is 0 Å². The van der Waals surface area contributed by atoms with Gasteiger partial charge in [0, 0.05) is 0 Å². The zero-order valence-corrected chi connectivity index (χ0v) is 13.1. The molecular weight excluding hydrogens is 326 g/mol. The molecule has 0 amide bonds. The molecule has 0 aromatic heterocycles. The normalized spacial score (nSPS) is 10.9. The maximum absolute atomic E-state index is 2.32. The summed E-state index contributed by atoms with van der Waals surface area (Å²) in [5.41, 5.74) is 0. The maximum atomic E-state index is 2.32. The molecule has 0 heterocycles. The minimum absolute atomic E-state index is 0.638. The van der Waals surface area contributed by atoms with Gasteiger partial charge in [0.05, 0.1) is 0 Å². The molecule has 0 saturated carbocycles. The Balaban J connectivity index is 2.61. The molecule has 16 heavy (non-hydrogen) atoms. The Labute approximate surface area is 110 Å². The van der Waals surface area contributed by atoms with E-state index in [9.17, 15) is 0 Å². The van der Waals surface area contributed by atoms with Gasteiger partial charge in [-0.25, -0.2) is 0 Å². The van der Waals surface area contributed by atoms with Crippen molar-refractivity contribution in [3.63, 3.8) is 0 Å². The van der Waals surface area contributed by atoms with Crippen LogP contribution in [-0.2, 0) is 0 Å². The molecule has 0 atom stereocenters. The van der Waals surface area contributed by atoms with Gasteiger partial charge in [0.15, 0.2) is 0 Å². The SMILES string of the molecule is CC[Se]c1cccc2cccc([Se]CC)c12. The summed E-state index contributed by atoms with van der Waals surface area (Å²) in [5, 5.41) is 5.58.